The van der Waals surface area contributed by atoms with Crippen LogP contribution in [0, 0.1) is 11.3 Å². The van der Waals surface area contributed by atoms with Crippen LogP contribution in [0.15, 0.2) is 61.2 Å². The molecular weight excluding hydrogens is 360 g/mol. The highest BCUT2D eigenvalue weighted by Crippen LogP contribution is 2.23. The lowest BCUT2D eigenvalue weighted by Crippen LogP contribution is -2.34. The topological polar surface area (TPSA) is 104 Å². The molecule has 0 aliphatic heterocycles. The Morgan fingerprint density at radius 1 is 1.21 bits per heavy atom. The van der Waals surface area contributed by atoms with E-state index in [0.29, 0.717) is 23.7 Å². The predicted octanol–water partition coefficient (Wildman–Crippen LogP) is 3.53. The molecule has 0 aromatic heterocycles. The van der Waals surface area contributed by atoms with Gasteiger partial charge in [0.25, 0.3) is 0 Å². The fraction of sp³-hybridized carbons (Fsp3) is 0.150. The van der Waals surface area contributed by atoms with Crippen LogP contribution in [0.25, 0.3) is 0 Å². The van der Waals surface area contributed by atoms with E-state index in [-0.39, 0.29) is 12.3 Å². The quantitative estimate of drug-likeness (QED) is 0.565. The van der Waals surface area contributed by atoms with Crippen molar-refractivity contribution >= 4 is 23.5 Å². The molecule has 3 amide bonds. The molecule has 2 aromatic rings. The van der Waals surface area contributed by atoms with E-state index in [1.807, 2.05) is 6.07 Å². The van der Waals surface area contributed by atoms with Crippen molar-refractivity contribution in [3.8, 4) is 17.6 Å². The summed E-state index contributed by atoms with van der Waals surface area (Å²) in [5.41, 5.74) is 0.907. The molecule has 0 fully saturated rings. The SMILES string of the molecule is C=CCNC(=O)Nc1cccc(OC(=O)N(CC#N)c2cccc(OC)c2)c1. The average Bonchev–Trinajstić information content (AvgIpc) is 2.70. The Morgan fingerprint density at radius 3 is 2.68 bits per heavy atom. The van der Waals surface area contributed by atoms with Crippen LogP contribution >= 0.6 is 0 Å². The summed E-state index contributed by atoms with van der Waals surface area (Å²) in [7, 11) is 1.51. The van der Waals surface area contributed by atoms with Gasteiger partial charge in [-0.15, -0.1) is 6.58 Å². The summed E-state index contributed by atoms with van der Waals surface area (Å²) < 4.78 is 10.5. The van der Waals surface area contributed by atoms with Crippen LogP contribution in [0.5, 0.6) is 11.5 Å². The number of urea groups is 1. The van der Waals surface area contributed by atoms with E-state index in [1.165, 1.54) is 18.1 Å². The molecule has 0 unspecified atom stereocenters. The molecular formula is C20H20N4O4. The predicted molar refractivity (Wildman–Crippen MR) is 106 cm³/mol. The maximum Gasteiger partial charge on any atom is 0.420 e. The van der Waals surface area contributed by atoms with E-state index in [9.17, 15) is 9.59 Å². The molecule has 2 rings (SSSR count). The Morgan fingerprint density at radius 2 is 1.96 bits per heavy atom. The smallest absolute Gasteiger partial charge is 0.420 e. The third-order valence-corrected chi connectivity index (χ3v) is 3.52. The van der Waals surface area contributed by atoms with Crippen molar-refractivity contribution in [2.45, 2.75) is 0 Å². The number of amides is 3. The molecule has 0 saturated heterocycles. The molecule has 0 aliphatic rings. The number of anilines is 2. The third-order valence-electron chi connectivity index (χ3n) is 3.52. The van der Waals surface area contributed by atoms with Crippen LogP contribution in [-0.4, -0.2) is 32.3 Å². The van der Waals surface area contributed by atoms with Crippen molar-refractivity contribution in [2.24, 2.45) is 0 Å². The number of rotatable bonds is 7. The van der Waals surface area contributed by atoms with Crippen LogP contribution in [-0.2, 0) is 0 Å². The number of nitrogens with zero attached hydrogens (tertiary/aromatic N) is 2. The highest BCUT2D eigenvalue weighted by atomic mass is 16.6. The van der Waals surface area contributed by atoms with E-state index in [2.05, 4.69) is 17.2 Å². The fourth-order valence-corrected chi connectivity index (χ4v) is 2.24. The van der Waals surface area contributed by atoms with Gasteiger partial charge in [0.15, 0.2) is 0 Å². The molecule has 0 atom stereocenters. The number of carbonyl (C=O) groups excluding carboxylic acids is 2. The van der Waals surface area contributed by atoms with Crippen molar-refractivity contribution in [1.82, 2.24) is 5.32 Å². The van der Waals surface area contributed by atoms with Crippen LogP contribution in [0.4, 0.5) is 21.0 Å². The van der Waals surface area contributed by atoms with Crippen molar-refractivity contribution in [1.29, 1.82) is 5.26 Å². The Hall–Kier alpha value is -3.99. The molecule has 0 aliphatic carbocycles. The molecule has 0 saturated carbocycles. The standard InChI is InChI=1S/C20H20N4O4/c1-3-11-22-19(25)23-15-6-4-9-18(13-15)28-20(26)24(12-10-21)16-7-5-8-17(14-16)27-2/h3-9,13-14H,1,11-12H2,2H3,(H2,22,23,25). The monoisotopic (exact) mass is 380 g/mol. The van der Waals surface area contributed by atoms with Crippen molar-refractivity contribution < 1.29 is 19.1 Å². The highest BCUT2D eigenvalue weighted by molar-refractivity contribution is 5.91. The summed E-state index contributed by atoms with van der Waals surface area (Å²) in [6, 6.07) is 14.6. The summed E-state index contributed by atoms with van der Waals surface area (Å²) in [5.74, 6) is 0.766. The lowest BCUT2D eigenvalue weighted by molar-refractivity contribution is 0.208. The molecule has 0 spiro atoms. The van der Waals surface area contributed by atoms with E-state index in [0.717, 1.165) is 0 Å². The van der Waals surface area contributed by atoms with Gasteiger partial charge in [0.2, 0.25) is 0 Å². The van der Waals surface area contributed by atoms with Gasteiger partial charge in [0, 0.05) is 24.4 Å². The molecule has 2 N–H and O–H groups in total. The van der Waals surface area contributed by atoms with Gasteiger partial charge in [-0.05, 0) is 24.3 Å². The normalized spacial score (nSPS) is 9.57. The Kier molecular flexibility index (Phi) is 7.43. The fourth-order valence-electron chi connectivity index (χ4n) is 2.24. The minimum absolute atomic E-state index is 0.200. The first kappa shape index (κ1) is 20.3. The number of nitriles is 1. The van der Waals surface area contributed by atoms with Gasteiger partial charge in [-0.3, -0.25) is 4.90 Å². The molecule has 2 aromatic carbocycles. The largest absolute Gasteiger partial charge is 0.497 e. The average molecular weight is 380 g/mol. The summed E-state index contributed by atoms with van der Waals surface area (Å²) in [6.07, 6.45) is 0.822. The maximum atomic E-state index is 12.6. The van der Waals surface area contributed by atoms with Gasteiger partial charge in [0.1, 0.15) is 18.0 Å². The lowest BCUT2D eigenvalue weighted by atomic mass is 10.2. The minimum Gasteiger partial charge on any atom is -0.497 e. The molecule has 0 radical (unpaired) electrons. The first-order valence-electron chi connectivity index (χ1n) is 8.33. The first-order valence-corrected chi connectivity index (χ1v) is 8.33. The second-order valence-electron chi connectivity index (χ2n) is 5.47. The summed E-state index contributed by atoms with van der Waals surface area (Å²) in [6.45, 7) is 3.64. The second kappa shape index (κ2) is 10.2. The van der Waals surface area contributed by atoms with Gasteiger partial charge >= 0.3 is 12.1 Å². The zero-order valence-corrected chi connectivity index (χ0v) is 15.3. The third kappa shape index (κ3) is 5.78. The van der Waals surface area contributed by atoms with Crippen LogP contribution in [0.2, 0.25) is 0 Å². The molecule has 8 heteroatoms. The molecule has 0 heterocycles. The molecule has 144 valence electrons. The molecule has 0 bridgehead atoms. The zero-order valence-electron chi connectivity index (χ0n) is 15.3. The van der Waals surface area contributed by atoms with E-state index in [1.54, 1.807) is 48.5 Å². The Labute approximate surface area is 163 Å². The van der Waals surface area contributed by atoms with E-state index < -0.39 is 12.1 Å². The van der Waals surface area contributed by atoms with E-state index in [4.69, 9.17) is 14.7 Å². The number of benzene rings is 2. The summed E-state index contributed by atoms with van der Waals surface area (Å²) >= 11 is 0. The molecule has 8 nitrogen and oxygen atoms in total. The lowest BCUT2D eigenvalue weighted by Gasteiger charge is -2.19. The summed E-state index contributed by atoms with van der Waals surface area (Å²) in [4.78, 5) is 25.5. The maximum absolute atomic E-state index is 12.6. The van der Waals surface area contributed by atoms with Crippen molar-refractivity contribution in [2.75, 3.05) is 30.4 Å². The van der Waals surface area contributed by atoms with Gasteiger partial charge in [-0.1, -0.05) is 18.2 Å². The van der Waals surface area contributed by atoms with Crippen molar-refractivity contribution in [3.63, 3.8) is 0 Å². The molecule has 28 heavy (non-hydrogen) atoms. The number of hydrogen-bond donors (Lipinski definition) is 2. The van der Waals surface area contributed by atoms with Crippen LogP contribution in [0.3, 0.4) is 0 Å². The first-order chi connectivity index (χ1) is 13.6. The minimum atomic E-state index is -0.733. The second-order valence-corrected chi connectivity index (χ2v) is 5.47. The van der Waals surface area contributed by atoms with E-state index >= 15 is 0 Å². The Balaban J connectivity index is 2.12. The number of nitrogens with one attached hydrogen (secondary N) is 2. The zero-order chi connectivity index (χ0) is 20.4. The highest BCUT2D eigenvalue weighted by Gasteiger charge is 2.18. The van der Waals surface area contributed by atoms with Gasteiger partial charge < -0.3 is 20.1 Å². The number of ether oxygens (including phenoxy) is 2. The summed E-state index contributed by atoms with van der Waals surface area (Å²) in [5, 5.41) is 14.3. The van der Waals surface area contributed by atoms with Gasteiger partial charge in [-0.25, -0.2) is 9.59 Å². The van der Waals surface area contributed by atoms with Crippen LogP contribution in [0.1, 0.15) is 0 Å². The van der Waals surface area contributed by atoms with Gasteiger partial charge in [0.05, 0.1) is 18.9 Å². The van der Waals surface area contributed by atoms with Crippen LogP contribution < -0.4 is 25.0 Å². The number of methoxy groups -OCH3 is 1. The number of hydrogen-bond acceptors (Lipinski definition) is 5. The number of carbonyl (C=O) groups is 2. The van der Waals surface area contributed by atoms with Crippen molar-refractivity contribution in [3.05, 3.63) is 61.2 Å². The van der Waals surface area contributed by atoms with Gasteiger partial charge in [-0.2, -0.15) is 5.26 Å². The Bertz CT molecular complexity index is 892.